The minimum Gasteiger partial charge on any atom is -0.373 e. The van der Waals surface area contributed by atoms with Crippen LogP contribution in [0.5, 0.6) is 0 Å². The molecule has 2 atom stereocenters. The number of benzene rings is 1. The molecule has 1 aliphatic heterocycles. The van der Waals surface area contributed by atoms with Crippen LogP contribution in [-0.4, -0.2) is 42.6 Å². The summed E-state index contributed by atoms with van der Waals surface area (Å²) in [6.45, 7) is 12.0. The Balaban J connectivity index is 0.00000364. The highest BCUT2D eigenvalue weighted by Crippen LogP contribution is 2.25. The zero-order chi connectivity index (χ0) is 19.2. The maximum Gasteiger partial charge on any atom is 0.227 e. The molecule has 0 radical (unpaired) electrons. The normalized spacial score (nSPS) is 20.0. The third kappa shape index (κ3) is 6.89. The summed E-state index contributed by atoms with van der Waals surface area (Å²) in [5, 5.41) is 3.13. The number of carbonyl (C=O) groups is 1. The van der Waals surface area contributed by atoms with E-state index in [1.54, 1.807) is 0 Å². The molecule has 0 saturated carbocycles. The number of carbonyl (C=O) groups excluding carboxylic acids is 1. The molecule has 5 nitrogen and oxygen atoms in total. The maximum atomic E-state index is 12.7. The average Bonchev–Trinajstić information content (AvgIpc) is 2.62. The number of hydrogen-bond acceptors (Lipinski definition) is 4. The lowest BCUT2D eigenvalue weighted by Crippen LogP contribution is -2.45. The van der Waals surface area contributed by atoms with Crippen LogP contribution in [0.1, 0.15) is 51.7 Å². The van der Waals surface area contributed by atoms with Gasteiger partial charge in [0.25, 0.3) is 0 Å². The molecule has 0 spiro atoms. The SMILES string of the molecule is CCC(CC)(CN)C(=O)NCc1ccccc1CN1CC(C)OC(C)C1.Cl.Cl. The molecule has 1 aromatic carbocycles. The minimum absolute atomic E-state index is 0. The molecule has 1 saturated heterocycles. The molecule has 2 rings (SSSR count). The van der Waals surface area contributed by atoms with Crippen LogP contribution in [0.4, 0.5) is 0 Å². The number of hydrogen-bond donors (Lipinski definition) is 2. The molecule has 28 heavy (non-hydrogen) atoms. The van der Waals surface area contributed by atoms with Gasteiger partial charge in [-0.15, -0.1) is 24.8 Å². The van der Waals surface area contributed by atoms with Crippen molar-refractivity contribution in [2.45, 2.75) is 65.8 Å². The lowest BCUT2D eigenvalue weighted by atomic mass is 9.81. The van der Waals surface area contributed by atoms with Crippen molar-refractivity contribution >= 4 is 30.7 Å². The summed E-state index contributed by atoms with van der Waals surface area (Å²) >= 11 is 0. The Kier molecular flexibility index (Phi) is 12.3. The van der Waals surface area contributed by atoms with E-state index in [-0.39, 0.29) is 42.9 Å². The van der Waals surface area contributed by atoms with Gasteiger partial charge in [0.15, 0.2) is 0 Å². The monoisotopic (exact) mass is 433 g/mol. The van der Waals surface area contributed by atoms with Crippen molar-refractivity contribution in [3.8, 4) is 0 Å². The smallest absolute Gasteiger partial charge is 0.227 e. The molecule has 0 bridgehead atoms. The van der Waals surface area contributed by atoms with Crippen molar-refractivity contribution < 1.29 is 9.53 Å². The Morgan fingerprint density at radius 2 is 1.68 bits per heavy atom. The molecule has 0 aliphatic carbocycles. The summed E-state index contributed by atoms with van der Waals surface area (Å²) in [6, 6.07) is 8.36. The molecule has 3 N–H and O–H groups in total. The van der Waals surface area contributed by atoms with Gasteiger partial charge < -0.3 is 15.8 Å². The van der Waals surface area contributed by atoms with Crippen molar-refractivity contribution in [2.24, 2.45) is 11.1 Å². The zero-order valence-corrected chi connectivity index (χ0v) is 19.2. The van der Waals surface area contributed by atoms with E-state index in [0.29, 0.717) is 13.1 Å². The summed E-state index contributed by atoms with van der Waals surface area (Å²) in [7, 11) is 0. The highest BCUT2D eigenvalue weighted by atomic mass is 35.5. The number of rotatable bonds is 8. The molecule has 162 valence electrons. The van der Waals surface area contributed by atoms with Gasteiger partial charge in [-0.3, -0.25) is 9.69 Å². The van der Waals surface area contributed by atoms with E-state index in [2.05, 4.69) is 42.3 Å². The zero-order valence-electron chi connectivity index (χ0n) is 17.6. The fraction of sp³-hybridized carbons (Fsp3) is 0.667. The van der Waals surface area contributed by atoms with Crippen LogP contribution >= 0.6 is 24.8 Å². The fourth-order valence-electron chi connectivity index (χ4n) is 3.85. The third-order valence-corrected chi connectivity index (χ3v) is 5.67. The topological polar surface area (TPSA) is 67.6 Å². The van der Waals surface area contributed by atoms with Crippen molar-refractivity contribution in [3.05, 3.63) is 35.4 Å². The molecule has 1 fully saturated rings. The number of nitrogens with zero attached hydrogens (tertiary/aromatic N) is 1. The van der Waals surface area contributed by atoms with Crippen molar-refractivity contribution in [1.82, 2.24) is 10.2 Å². The third-order valence-electron chi connectivity index (χ3n) is 5.67. The van der Waals surface area contributed by atoms with E-state index in [1.165, 1.54) is 11.1 Å². The Morgan fingerprint density at radius 3 is 2.18 bits per heavy atom. The van der Waals surface area contributed by atoms with Crippen molar-refractivity contribution in [1.29, 1.82) is 0 Å². The van der Waals surface area contributed by atoms with Crippen LogP contribution < -0.4 is 11.1 Å². The molecule has 1 heterocycles. The number of nitrogens with two attached hydrogens (primary N) is 1. The first kappa shape index (κ1) is 27.1. The van der Waals surface area contributed by atoms with Gasteiger partial charge in [-0.05, 0) is 37.8 Å². The Bertz CT molecular complexity index is 579. The van der Waals surface area contributed by atoms with Gasteiger partial charge in [-0.1, -0.05) is 38.1 Å². The number of halogens is 2. The molecule has 1 aromatic rings. The highest BCUT2D eigenvalue weighted by molar-refractivity contribution is 5.85. The second kappa shape index (κ2) is 12.7. The van der Waals surface area contributed by atoms with Gasteiger partial charge in [-0.25, -0.2) is 0 Å². The standard InChI is InChI=1S/C21H35N3O2.2ClH/c1-5-21(6-2,15-22)20(25)23-11-18-9-7-8-10-19(18)14-24-12-16(3)26-17(4)13-24;;/h7-10,16-17H,5-6,11-15,22H2,1-4H3,(H,23,25);2*1H. The van der Waals surface area contributed by atoms with E-state index in [9.17, 15) is 4.79 Å². The Labute approximate surface area is 182 Å². The van der Waals surface area contributed by atoms with Crippen LogP contribution in [-0.2, 0) is 22.6 Å². The summed E-state index contributed by atoms with van der Waals surface area (Å²) in [5.41, 5.74) is 7.88. The first-order valence-corrected chi connectivity index (χ1v) is 9.87. The predicted octanol–water partition coefficient (Wildman–Crippen LogP) is 3.52. The Hall–Kier alpha value is -0.850. The summed E-state index contributed by atoms with van der Waals surface area (Å²) in [5.74, 6) is 0.0634. The molecule has 7 heteroatoms. The van der Waals surface area contributed by atoms with Gasteiger partial charge in [0.05, 0.1) is 17.6 Å². The Morgan fingerprint density at radius 1 is 1.14 bits per heavy atom. The van der Waals surface area contributed by atoms with E-state index < -0.39 is 5.41 Å². The maximum absolute atomic E-state index is 12.7. The summed E-state index contributed by atoms with van der Waals surface area (Å²) in [6.07, 6.45) is 2.03. The average molecular weight is 434 g/mol. The highest BCUT2D eigenvalue weighted by Gasteiger charge is 2.33. The molecular weight excluding hydrogens is 397 g/mol. The second-order valence-electron chi connectivity index (χ2n) is 7.59. The van der Waals surface area contributed by atoms with Crippen molar-refractivity contribution in [3.63, 3.8) is 0 Å². The van der Waals surface area contributed by atoms with E-state index in [0.717, 1.165) is 32.5 Å². The first-order chi connectivity index (χ1) is 12.4. The molecule has 2 unspecified atom stereocenters. The first-order valence-electron chi connectivity index (χ1n) is 9.87. The fourth-order valence-corrected chi connectivity index (χ4v) is 3.85. The van der Waals surface area contributed by atoms with Crippen LogP contribution in [0, 0.1) is 5.41 Å². The molecular formula is C21H37Cl2N3O2. The van der Waals surface area contributed by atoms with Gasteiger partial charge in [0, 0.05) is 32.7 Å². The van der Waals surface area contributed by atoms with Crippen molar-refractivity contribution in [2.75, 3.05) is 19.6 Å². The quantitative estimate of drug-likeness (QED) is 0.657. The van der Waals surface area contributed by atoms with Gasteiger partial charge in [0.2, 0.25) is 5.91 Å². The van der Waals surface area contributed by atoms with E-state index >= 15 is 0 Å². The van der Waals surface area contributed by atoms with Crippen LogP contribution in [0.2, 0.25) is 0 Å². The molecule has 1 aliphatic rings. The lowest BCUT2D eigenvalue weighted by molar-refractivity contribution is -0.131. The molecule has 1 amide bonds. The number of amides is 1. The minimum atomic E-state index is -0.454. The van der Waals surface area contributed by atoms with E-state index in [4.69, 9.17) is 10.5 Å². The predicted molar refractivity (Wildman–Crippen MR) is 120 cm³/mol. The second-order valence-corrected chi connectivity index (χ2v) is 7.59. The summed E-state index contributed by atoms with van der Waals surface area (Å²) < 4.78 is 5.83. The van der Waals surface area contributed by atoms with Gasteiger partial charge in [-0.2, -0.15) is 0 Å². The van der Waals surface area contributed by atoms with Crippen LogP contribution in [0.25, 0.3) is 0 Å². The lowest BCUT2D eigenvalue weighted by Gasteiger charge is -2.35. The number of nitrogens with one attached hydrogen (secondary N) is 1. The molecule has 0 aromatic heterocycles. The van der Waals surface area contributed by atoms with Crippen LogP contribution in [0.15, 0.2) is 24.3 Å². The number of ether oxygens (including phenoxy) is 1. The van der Waals surface area contributed by atoms with Gasteiger partial charge in [0.1, 0.15) is 0 Å². The van der Waals surface area contributed by atoms with Crippen LogP contribution in [0.3, 0.4) is 0 Å². The summed E-state index contributed by atoms with van der Waals surface area (Å²) in [4.78, 5) is 15.1. The van der Waals surface area contributed by atoms with Gasteiger partial charge >= 0.3 is 0 Å². The largest absolute Gasteiger partial charge is 0.373 e. The van der Waals surface area contributed by atoms with E-state index in [1.807, 2.05) is 19.9 Å². The number of morpholine rings is 1.